The van der Waals surface area contributed by atoms with Gasteiger partial charge in [0.1, 0.15) is 6.54 Å². The number of thioether (sulfide) groups is 1. The normalized spacial score (nSPS) is 14.4. The number of benzene rings is 1. The molecule has 2 aromatic rings. The molecule has 0 radical (unpaired) electrons. The Hall–Kier alpha value is -2.26. The second-order valence-electron chi connectivity index (χ2n) is 5.42. The first kappa shape index (κ1) is 17.6. The Kier molecular flexibility index (Phi) is 5.44. The van der Waals surface area contributed by atoms with Crippen LogP contribution in [0.4, 0.5) is 11.4 Å². The van der Waals surface area contributed by atoms with E-state index in [4.69, 9.17) is 16.7 Å². The number of carboxylic acid groups (broad SMARTS) is 1. The predicted molar refractivity (Wildman–Crippen MR) is 96.6 cm³/mol. The third-order valence-electron chi connectivity index (χ3n) is 3.65. The van der Waals surface area contributed by atoms with Gasteiger partial charge >= 0.3 is 5.97 Å². The van der Waals surface area contributed by atoms with Crippen molar-refractivity contribution in [2.45, 2.75) is 6.54 Å². The van der Waals surface area contributed by atoms with Gasteiger partial charge in [0.2, 0.25) is 5.91 Å². The van der Waals surface area contributed by atoms with Crippen LogP contribution in [0.2, 0.25) is 5.02 Å². The number of nitrogens with one attached hydrogen (secondary N) is 1. The van der Waals surface area contributed by atoms with Gasteiger partial charge in [-0.2, -0.15) is 11.8 Å². The lowest BCUT2D eigenvalue weighted by atomic mass is 10.2. The largest absolute Gasteiger partial charge is 0.476 e. The number of amides is 1. The molecule has 1 aliphatic rings. The first-order chi connectivity index (χ1) is 12.0. The molecule has 1 aromatic heterocycles. The predicted octanol–water partition coefficient (Wildman–Crippen LogP) is 1.82. The van der Waals surface area contributed by atoms with Gasteiger partial charge < -0.3 is 15.3 Å². The van der Waals surface area contributed by atoms with Crippen molar-refractivity contribution >= 4 is 46.6 Å². The van der Waals surface area contributed by atoms with Gasteiger partial charge in [-0.1, -0.05) is 16.8 Å². The zero-order chi connectivity index (χ0) is 17.8. The second kappa shape index (κ2) is 7.75. The molecule has 1 amide bonds. The lowest BCUT2D eigenvalue weighted by molar-refractivity contribution is -0.116. The van der Waals surface area contributed by atoms with Crippen LogP contribution < -0.4 is 10.2 Å². The Morgan fingerprint density at radius 2 is 2.08 bits per heavy atom. The first-order valence-electron chi connectivity index (χ1n) is 7.58. The highest BCUT2D eigenvalue weighted by atomic mass is 35.5. The van der Waals surface area contributed by atoms with Crippen LogP contribution in [0.25, 0.3) is 0 Å². The minimum atomic E-state index is -1.19. The van der Waals surface area contributed by atoms with E-state index in [9.17, 15) is 9.59 Å². The van der Waals surface area contributed by atoms with Gasteiger partial charge in [-0.25, -0.2) is 9.48 Å². The maximum atomic E-state index is 12.3. The number of hydrogen-bond acceptors (Lipinski definition) is 6. The van der Waals surface area contributed by atoms with Gasteiger partial charge in [0.25, 0.3) is 0 Å². The number of aromatic nitrogens is 3. The summed E-state index contributed by atoms with van der Waals surface area (Å²) in [5, 5.41) is 19.3. The molecule has 0 spiro atoms. The highest BCUT2D eigenvalue weighted by molar-refractivity contribution is 7.99. The van der Waals surface area contributed by atoms with Crippen molar-refractivity contribution in [2.75, 3.05) is 34.8 Å². The topological polar surface area (TPSA) is 100 Å². The number of nitrogens with zero attached hydrogens (tertiary/aromatic N) is 4. The van der Waals surface area contributed by atoms with Crippen LogP contribution in [0, 0.1) is 0 Å². The third-order valence-corrected chi connectivity index (χ3v) is 4.83. The van der Waals surface area contributed by atoms with Gasteiger partial charge in [0.15, 0.2) is 5.69 Å². The fourth-order valence-electron chi connectivity index (χ4n) is 2.50. The molecule has 0 bridgehead atoms. The minimum absolute atomic E-state index is 0.137. The zero-order valence-electron chi connectivity index (χ0n) is 13.2. The maximum Gasteiger partial charge on any atom is 0.358 e. The molecular weight excluding hydrogens is 366 g/mol. The number of halogens is 1. The molecule has 0 aliphatic carbocycles. The Morgan fingerprint density at radius 3 is 2.76 bits per heavy atom. The molecule has 2 heterocycles. The van der Waals surface area contributed by atoms with Crippen molar-refractivity contribution < 1.29 is 14.7 Å². The highest BCUT2D eigenvalue weighted by Crippen LogP contribution is 2.31. The van der Waals surface area contributed by atoms with Crippen molar-refractivity contribution in [3.63, 3.8) is 0 Å². The summed E-state index contributed by atoms with van der Waals surface area (Å²) in [6.45, 7) is 1.67. The molecule has 1 saturated heterocycles. The van der Waals surface area contributed by atoms with Crippen LogP contribution in [0.3, 0.4) is 0 Å². The molecule has 0 unspecified atom stereocenters. The minimum Gasteiger partial charge on any atom is -0.476 e. The van der Waals surface area contributed by atoms with Crippen molar-refractivity contribution in [1.29, 1.82) is 0 Å². The molecule has 132 valence electrons. The molecule has 3 rings (SSSR count). The Balaban J connectivity index is 1.73. The van der Waals surface area contributed by atoms with Crippen LogP contribution >= 0.6 is 23.4 Å². The van der Waals surface area contributed by atoms with Crippen molar-refractivity contribution in [1.82, 2.24) is 15.0 Å². The van der Waals surface area contributed by atoms with E-state index in [2.05, 4.69) is 20.5 Å². The van der Waals surface area contributed by atoms with Crippen LogP contribution in [0.15, 0.2) is 24.4 Å². The van der Waals surface area contributed by atoms with E-state index in [-0.39, 0.29) is 18.1 Å². The van der Waals surface area contributed by atoms with E-state index >= 15 is 0 Å². The maximum absolute atomic E-state index is 12.3. The molecule has 8 nitrogen and oxygen atoms in total. The number of carbonyl (C=O) groups excluding carboxylic acids is 1. The smallest absolute Gasteiger partial charge is 0.358 e. The number of aromatic carboxylic acids is 1. The Labute approximate surface area is 153 Å². The summed E-state index contributed by atoms with van der Waals surface area (Å²) in [6, 6.07) is 5.40. The third kappa shape index (κ3) is 4.43. The van der Waals surface area contributed by atoms with Crippen molar-refractivity contribution in [2.24, 2.45) is 0 Å². The molecule has 2 N–H and O–H groups in total. The fourth-order valence-corrected chi connectivity index (χ4v) is 3.57. The molecule has 25 heavy (non-hydrogen) atoms. The molecule has 10 heteroatoms. The van der Waals surface area contributed by atoms with Crippen LogP contribution in [-0.2, 0) is 11.3 Å². The summed E-state index contributed by atoms with van der Waals surface area (Å²) in [6.07, 6.45) is 1.21. The van der Waals surface area contributed by atoms with Gasteiger partial charge in [-0.05, 0) is 18.2 Å². The number of hydrogen-bond donors (Lipinski definition) is 2. The molecule has 1 aromatic carbocycles. The lowest BCUT2D eigenvalue weighted by Gasteiger charge is -2.30. The summed E-state index contributed by atoms with van der Waals surface area (Å²) >= 11 is 7.97. The van der Waals surface area contributed by atoms with Gasteiger partial charge in [0, 0.05) is 29.6 Å². The van der Waals surface area contributed by atoms with E-state index < -0.39 is 5.97 Å². The molecular formula is C15H16ClN5O3S. The zero-order valence-corrected chi connectivity index (χ0v) is 14.8. The summed E-state index contributed by atoms with van der Waals surface area (Å²) in [5.41, 5.74) is 1.34. The van der Waals surface area contributed by atoms with E-state index in [1.807, 2.05) is 17.8 Å². The average Bonchev–Trinajstić information content (AvgIpc) is 3.04. The van der Waals surface area contributed by atoms with Gasteiger partial charge in [-0.15, -0.1) is 5.10 Å². The van der Waals surface area contributed by atoms with E-state index in [1.165, 1.54) is 10.9 Å². The number of rotatable bonds is 5. The molecule has 1 aliphatic heterocycles. The van der Waals surface area contributed by atoms with E-state index in [0.717, 1.165) is 30.3 Å². The Morgan fingerprint density at radius 1 is 1.32 bits per heavy atom. The van der Waals surface area contributed by atoms with Crippen molar-refractivity contribution in [3.8, 4) is 0 Å². The SMILES string of the molecule is O=C(Cn1cc(C(=O)O)nn1)Nc1cc(Cl)ccc1N1CCSCC1. The van der Waals surface area contributed by atoms with Crippen molar-refractivity contribution in [3.05, 3.63) is 35.1 Å². The Bertz CT molecular complexity index is 791. The monoisotopic (exact) mass is 381 g/mol. The summed E-state index contributed by atoms with van der Waals surface area (Å²) in [5.74, 6) is 0.545. The van der Waals surface area contributed by atoms with Crippen LogP contribution in [-0.4, -0.2) is 56.6 Å². The quantitative estimate of drug-likeness (QED) is 0.814. The first-order valence-corrected chi connectivity index (χ1v) is 9.12. The van der Waals surface area contributed by atoms with Crippen LogP contribution in [0.5, 0.6) is 0 Å². The number of anilines is 2. The summed E-state index contributed by atoms with van der Waals surface area (Å²) < 4.78 is 1.18. The molecule has 0 atom stereocenters. The number of carbonyl (C=O) groups is 2. The average molecular weight is 382 g/mol. The number of carboxylic acids is 1. The summed E-state index contributed by atoms with van der Waals surface area (Å²) in [4.78, 5) is 25.3. The van der Waals surface area contributed by atoms with Gasteiger partial charge in [0.05, 0.1) is 17.6 Å². The molecule has 0 saturated carbocycles. The second-order valence-corrected chi connectivity index (χ2v) is 7.08. The van der Waals surface area contributed by atoms with Gasteiger partial charge in [-0.3, -0.25) is 4.79 Å². The highest BCUT2D eigenvalue weighted by Gasteiger charge is 2.17. The van der Waals surface area contributed by atoms with Crippen LogP contribution in [0.1, 0.15) is 10.5 Å². The fraction of sp³-hybridized carbons (Fsp3) is 0.333. The van der Waals surface area contributed by atoms with E-state index in [1.54, 1.807) is 12.1 Å². The standard InChI is InChI=1S/C15H16ClN5O3S/c16-10-1-2-13(20-3-5-25-6-4-20)11(7-10)17-14(22)9-21-8-12(15(23)24)18-19-21/h1-2,7-8H,3-6,9H2,(H,17,22)(H,23,24). The van der Waals surface area contributed by atoms with E-state index in [0.29, 0.717) is 10.7 Å². The summed E-state index contributed by atoms with van der Waals surface area (Å²) in [7, 11) is 0. The lowest BCUT2D eigenvalue weighted by Crippen LogP contribution is -2.33. The molecule has 1 fully saturated rings.